The largest absolute Gasteiger partial charge is 0.471 e. The van der Waals surface area contributed by atoms with Gasteiger partial charge in [0.1, 0.15) is 5.58 Å². The van der Waals surface area contributed by atoms with Gasteiger partial charge >= 0.3 is 17.7 Å². The number of hydrogen-bond acceptors (Lipinski definition) is 3. The number of nitrogens with zero attached hydrogens (tertiary/aromatic N) is 1. The number of amides is 1. The Balaban J connectivity index is 2.22. The molecule has 0 radical (unpaired) electrons. The summed E-state index contributed by atoms with van der Waals surface area (Å²) in [6.45, 7) is 0. The second kappa shape index (κ2) is 6.60. The average molecular weight is 426 g/mol. The van der Waals surface area contributed by atoms with Crippen molar-refractivity contribution in [3.63, 3.8) is 0 Å². The van der Waals surface area contributed by atoms with Gasteiger partial charge in [-0.2, -0.15) is 13.2 Å². The summed E-state index contributed by atoms with van der Waals surface area (Å²) in [5.41, 5.74) is -0.190. The minimum atomic E-state index is -5.04. The van der Waals surface area contributed by atoms with Gasteiger partial charge in [0.05, 0.1) is 11.3 Å². The molecule has 0 saturated heterocycles. The Kier molecular flexibility index (Phi) is 4.62. The van der Waals surface area contributed by atoms with E-state index in [1.54, 1.807) is 30.3 Å². The molecule has 0 aliphatic carbocycles. The number of carbonyl (C=O) groups is 1. The number of anilines is 1. The van der Waals surface area contributed by atoms with Crippen molar-refractivity contribution in [3.8, 4) is 11.1 Å². The van der Waals surface area contributed by atoms with Crippen LogP contribution >= 0.6 is 15.9 Å². The lowest BCUT2D eigenvalue weighted by Gasteiger charge is -2.22. The van der Waals surface area contributed by atoms with Gasteiger partial charge in [0.25, 0.3) is 0 Å². The highest BCUT2D eigenvalue weighted by Gasteiger charge is 2.42. The average Bonchev–Trinajstić information content (AvgIpc) is 2.59. The molecule has 1 aromatic heterocycles. The van der Waals surface area contributed by atoms with Crippen molar-refractivity contribution in [2.45, 2.75) is 6.18 Å². The van der Waals surface area contributed by atoms with E-state index in [9.17, 15) is 22.8 Å². The van der Waals surface area contributed by atoms with E-state index in [0.29, 0.717) is 20.3 Å². The zero-order valence-electron chi connectivity index (χ0n) is 13.3. The van der Waals surface area contributed by atoms with Crippen LogP contribution in [0.25, 0.3) is 22.1 Å². The standard InChI is InChI=1S/C18H11BrF3NO3/c1-23(17(25)18(20,21)22)14-9-11(19)6-7-12(14)13-8-10-4-2-3-5-15(10)26-16(13)24/h2-9H,1H3. The third-order valence-electron chi connectivity index (χ3n) is 3.80. The maximum Gasteiger partial charge on any atom is 0.471 e. The highest BCUT2D eigenvalue weighted by Crippen LogP contribution is 2.34. The molecular formula is C18H11BrF3NO3. The highest BCUT2D eigenvalue weighted by molar-refractivity contribution is 9.10. The predicted molar refractivity (Wildman–Crippen MR) is 95.1 cm³/mol. The van der Waals surface area contributed by atoms with Gasteiger partial charge in [0.2, 0.25) is 0 Å². The number of benzene rings is 2. The lowest BCUT2D eigenvalue weighted by molar-refractivity contribution is -0.170. The zero-order chi connectivity index (χ0) is 19.1. The van der Waals surface area contributed by atoms with Crippen LogP contribution in [0.1, 0.15) is 0 Å². The number of carbonyl (C=O) groups excluding carboxylic acids is 1. The minimum absolute atomic E-state index is 0.0630. The van der Waals surface area contributed by atoms with Crippen LogP contribution in [0.15, 0.2) is 62.2 Å². The molecule has 134 valence electrons. The quantitative estimate of drug-likeness (QED) is 0.556. The molecular weight excluding hydrogens is 415 g/mol. The number of fused-ring (bicyclic) bond motifs is 1. The van der Waals surface area contributed by atoms with E-state index in [0.717, 1.165) is 7.05 Å². The molecule has 3 aromatic rings. The first-order valence-electron chi connectivity index (χ1n) is 7.36. The Morgan fingerprint density at radius 2 is 1.77 bits per heavy atom. The van der Waals surface area contributed by atoms with E-state index in [2.05, 4.69) is 15.9 Å². The van der Waals surface area contributed by atoms with E-state index in [1.807, 2.05) is 0 Å². The second-order valence-electron chi connectivity index (χ2n) is 5.51. The molecule has 4 nitrogen and oxygen atoms in total. The molecule has 0 unspecified atom stereocenters. The second-order valence-corrected chi connectivity index (χ2v) is 6.42. The monoisotopic (exact) mass is 425 g/mol. The zero-order valence-corrected chi connectivity index (χ0v) is 14.9. The molecule has 0 spiro atoms. The minimum Gasteiger partial charge on any atom is -0.422 e. The number of alkyl halides is 3. The van der Waals surface area contributed by atoms with Gasteiger partial charge in [-0.1, -0.05) is 40.2 Å². The van der Waals surface area contributed by atoms with Crippen LogP contribution in [0.4, 0.5) is 18.9 Å². The van der Waals surface area contributed by atoms with Crippen LogP contribution in [0.2, 0.25) is 0 Å². The normalized spacial score (nSPS) is 11.6. The first kappa shape index (κ1) is 18.2. The summed E-state index contributed by atoms with van der Waals surface area (Å²) in [6.07, 6.45) is -5.04. The maximum atomic E-state index is 12.8. The summed E-state index contributed by atoms with van der Waals surface area (Å²) in [6, 6.07) is 12.7. The van der Waals surface area contributed by atoms with Crippen molar-refractivity contribution in [1.29, 1.82) is 0 Å². The molecule has 26 heavy (non-hydrogen) atoms. The summed E-state index contributed by atoms with van der Waals surface area (Å²) in [5, 5.41) is 0.612. The number of rotatable bonds is 2. The predicted octanol–water partition coefficient (Wildman–Crippen LogP) is 4.75. The van der Waals surface area contributed by atoms with Crippen molar-refractivity contribution >= 4 is 38.5 Å². The van der Waals surface area contributed by atoms with Gasteiger partial charge < -0.3 is 9.32 Å². The summed E-state index contributed by atoms with van der Waals surface area (Å²) in [5.74, 6) is -2.04. The molecule has 0 N–H and O–H groups in total. The van der Waals surface area contributed by atoms with Crippen LogP contribution in [0, 0.1) is 0 Å². The fraction of sp³-hybridized carbons (Fsp3) is 0.111. The molecule has 0 atom stereocenters. The van der Waals surface area contributed by atoms with Crippen molar-refractivity contribution in [1.82, 2.24) is 0 Å². The molecule has 0 aliphatic heterocycles. The van der Waals surface area contributed by atoms with Gasteiger partial charge in [-0.3, -0.25) is 4.79 Å². The molecule has 0 bridgehead atoms. The summed E-state index contributed by atoms with van der Waals surface area (Å²) in [7, 11) is 1.00. The van der Waals surface area contributed by atoms with Crippen molar-refractivity contribution in [2.75, 3.05) is 11.9 Å². The van der Waals surface area contributed by atoms with Crippen molar-refractivity contribution in [2.24, 2.45) is 0 Å². The number of para-hydroxylation sites is 1. The maximum absolute atomic E-state index is 12.8. The third kappa shape index (κ3) is 3.37. The molecule has 8 heteroatoms. The Morgan fingerprint density at radius 1 is 1.08 bits per heavy atom. The third-order valence-corrected chi connectivity index (χ3v) is 4.29. The van der Waals surface area contributed by atoms with Gasteiger partial charge in [-0.05, 0) is 24.3 Å². The molecule has 0 aliphatic rings. The van der Waals surface area contributed by atoms with Crippen LogP contribution in [0.5, 0.6) is 0 Å². The SMILES string of the molecule is CN(C(=O)C(F)(F)F)c1cc(Br)ccc1-c1cc2ccccc2oc1=O. The molecule has 0 saturated carbocycles. The smallest absolute Gasteiger partial charge is 0.422 e. The van der Waals surface area contributed by atoms with Gasteiger partial charge in [-0.25, -0.2) is 4.79 Å². The summed E-state index contributed by atoms with van der Waals surface area (Å²) < 4.78 is 44.2. The Bertz CT molecular complexity index is 1060. The van der Waals surface area contributed by atoms with E-state index in [4.69, 9.17) is 4.42 Å². The van der Waals surface area contributed by atoms with Crippen LogP contribution in [-0.2, 0) is 4.79 Å². The number of halogens is 4. The van der Waals surface area contributed by atoms with E-state index < -0.39 is 17.7 Å². The van der Waals surface area contributed by atoms with Crippen LogP contribution in [-0.4, -0.2) is 19.1 Å². The first-order chi connectivity index (χ1) is 12.2. The molecule has 2 aromatic carbocycles. The van der Waals surface area contributed by atoms with Crippen LogP contribution < -0.4 is 10.5 Å². The van der Waals surface area contributed by atoms with Gasteiger partial charge in [-0.15, -0.1) is 0 Å². The van der Waals surface area contributed by atoms with E-state index >= 15 is 0 Å². The Labute approximate surface area is 154 Å². The molecule has 1 heterocycles. The fourth-order valence-electron chi connectivity index (χ4n) is 2.56. The molecule has 1 amide bonds. The van der Waals surface area contributed by atoms with Gasteiger partial charge in [0.15, 0.2) is 0 Å². The summed E-state index contributed by atoms with van der Waals surface area (Å²) in [4.78, 5) is 24.5. The fourth-order valence-corrected chi connectivity index (χ4v) is 2.91. The van der Waals surface area contributed by atoms with Crippen molar-refractivity contribution in [3.05, 3.63) is 63.4 Å². The topological polar surface area (TPSA) is 50.5 Å². The Morgan fingerprint density at radius 3 is 2.46 bits per heavy atom. The van der Waals surface area contributed by atoms with Gasteiger partial charge in [0, 0.05) is 22.5 Å². The van der Waals surface area contributed by atoms with Crippen LogP contribution in [0.3, 0.4) is 0 Å². The molecule has 3 rings (SSSR count). The van der Waals surface area contributed by atoms with Crippen molar-refractivity contribution < 1.29 is 22.4 Å². The highest BCUT2D eigenvalue weighted by atomic mass is 79.9. The number of hydrogen-bond donors (Lipinski definition) is 0. The lowest BCUT2D eigenvalue weighted by Crippen LogP contribution is -2.38. The van der Waals surface area contributed by atoms with E-state index in [1.165, 1.54) is 18.2 Å². The summed E-state index contributed by atoms with van der Waals surface area (Å²) >= 11 is 3.17. The first-order valence-corrected chi connectivity index (χ1v) is 8.15. The lowest BCUT2D eigenvalue weighted by atomic mass is 10.0. The molecule has 0 fully saturated rings. The Hall–Kier alpha value is -2.61. The van der Waals surface area contributed by atoms with E-state index in [-0.39, 0.29) is 16.8 Å².